The van der Waals surface area contributed by atoms with Crippen LogP contribution >= 0.6 is 0 Å². The smallest absolute Gasteiger partial charge is 0.254 e. The molecule has 0 unspecified atom stereocenters. The molecule has 3 rings (SSSR count). The molecule has 0 spiro atoms. The van der Waals surface area contributed by atoms with Crippen LogP contribution in [0.3, 0.4) is 0 Å². The Balaban J connectivity index is 1.77. The molecule has 1 N–H and O–H groups in total. The highest BCUT2D eigenvalue weighted by Gasteiger charge is 2.21. The van der Waals surface area contributed by atoms with Gasteiger partial charge in [0.15, 0.2) is 0 Å². The number of carbonyl (C=O) groups excluding carboxylic acids is 2. The number of nitrogens with one attached hydrogen (secondary N) is 1. The van der Waals surface area contributed by atoms with Crippen LogP contribution in [-0.2, 0) is 4.79 Å². The summed E-state index contributed by atoms with van der Waals surface area (Å²) >= 11 is 0. The van der Waals surface area contributed by atoms with Crippen LogP contribution in [0, 0.1) is 0 Å². The molecule has 2 aromatic rings. The molecule has 21 heavy (non-hydrogen) atoms. The van der Waals surface area contributed by atoms with Gasteiger partial charge in [0.1, 0.15) is 0 Å². The zero-order valence-corrected chi connectivity index (χ0v) is 11.3. The van der Waals surface area contributed by atoms with E-state index >= 15 is 0 Å². The fourth-order valence-corrected chi connectivity index (χ4v) is 2.22. The van der Waals surface area contributed by atoms with Crippen molar-refractivity contribution < 1.29 is 14.0 Å². The number of nitrogens with zero attached hydrogens (tertiary/aromatic N) is 3. The van der Waals surface area contributed by atoms with Gasteiger partial charge in [0.2, 0.25) is 18.2 Å². The first kappa shape index (κ1) is 13.3. The molecule has 2 amide bonds. The first-order valence-electron chi connectivity index (χ1n) is 6.66. The summed E-state index contributed by atoms with van der Waals surface area (Å²) in [7, 11) is 0. The molecule has 1 fully saturated rings. The fraction of sp³-hybridized carbons (Fsp3) is 0.286. The topological polar surface area (TPSA) is 88.3 Å². The van der Waals surface area contributed by atoms with Gasteiger partial charge in [-0.2, -0.15) is 0 Å². The van der Waals surface area contributed by atoms with E-state index in [-0.39, 0.29) is 18.4 Å². The van der Waals surface area contributed by atoms with E-state index in [0.29, 0.717) is 24.5 Å². The molecule has 1 saturated heterocycles. The molecule has 1 aliphatic heterocycles. The lowest BCUT2D eigenvalue weighted by Gasteiger charge is -2.19. The molecule has 0 bridgehead atoms. The van der Waals surface area contributed by atoms with Crippen LogP contribution in [0.4, 0.5) is 0 Å². The van der Waals surface area contributed by atoms with E-state index in [2.05, 4.69) is 15.5 Å². The maximum absolute atomic E-state index is 12.4. The second-order valence-corrected chi connectivity index (χ2v) is 4.75. The van der Waals surface area contributed by atoms with Crippen molar-refractivity contribution in [1.29, 1.82) is 0 Å². The molecule has 7 nitrogen and oxygen atoms in total. The van der Waals surface area contributed by atoms with Gasteiger partial charge in [0.05, 0.1) is 6.54 Å². The van der Waals surface area contributed by atoms with E-state index < -0.39 is 0 Å². The van der Waals surface area contributed by atoms with Crippen molar-refractivity contribution >= 4 is 11.8 Å². The molecule has 1 aromatic carbocycles. The predicted octanol–water partition coefficient (Wildman–Crippen LogP) is 0.699. The zero-order chi connectivity index (χ0) is 14.7. The largest absolute Gasteiger partial charge is 0.423 e. The first-order chi connectivity index (χ1) is 10.2. The van der Waals surface area contributed by atoms with Crippen LogP contribution in [0.2, 0.25) is 0 Å². The fourth-order valence-electron chi connectivity index (χ4n) is 2.22. The Hall–Kier alpha value is -2.70. The van der Waals surface area contributed by atoms with Crippen LogP contribution in [-0.4, -0.2) is 46.5 Å². The highest BCUT2D eigenvalue weighted by molar-refractivity contribution is 5.97. The normalized spacial score (nSPS) is 15.4. The Kier molecular flexibility index (Phi) is 3.63. The summed E-state index contributed by atoms with van der Waals surface area (Å²) in [5.74, 6) is 0.135. The average molecular weight is 286 g/mol. The highest BCUT2D eigenvalue weighted by Crippen LogP contribution is 2.17. The van der Waals surface area contributed by atoms with Crippen LogP contribution in [0.1, 0.15) is 16.8 Å². The first-order valence-corrected chi connectivity index (χ1v) is 6.66. The van der Waals surface area contributed by atoms with Crippen LogP contribution in [0.15, 0.2) is 35.1 Å². The Labute approximate surface area is 121 Å². The van der Waals surface area contributed by atoms with Gasteiger partial charge in [-0.05, 0) is 30.7 Å². The lowest BCUT2D eigenvalue weighted by molar-refractivity contribution is -0.121. The Bertz CT molecular complexity index is 637. The summed E-state index contributed by atoms with van der Waals surface area (Å²) in [4.78, 5) is 25.5. The van der Waals surface area contributed by atoms with Crippen molar-refractivity contribution in [3.05, 3.63) is 36.2 Å². The molecule has 0 saturated carbocycles. The molecule has 1 aromatic heterocycles. The molecule has 7 heteroatoms. The third-order valence-electron chi connectivity index (χ3n) is 3.29. The molecule has 0 radical (unpaired) electrons. The van der Waals surface area contributed by atoms with Crippen LogP contribution < -0.4 is 5.32 Å². The molecule has 2 heterocycles. The van der Waals surface area contributed by atoms with Crippen LogP contribution in [0.5, 0.6) is 0 Å². The van der Waals surface area contributed by atoms with Gasteiger partial charge in [-0.15, -0.1) is 10.2 Å². The molecule has 108 valence electrons. The molecule has 0 atom stereocenters. The zero-order valence-electron chi connectivity index (χ0n) is 11.3. The monoisotopic (exact) mass is 286 g/mol. The quantitative estimate of drug-likeness (QED) is 0.878. The Morgan fingerprint density at radius 2 is 2.10 bits per heavy atom. The summed E-state index contributed by atoms with van der Waals surface area (Å²) in [6.07, 6.45) is 2.02. The second kappa shape index (κ2) is 5.74. The molecular formula is C14H14N4O3. The maximum Gasteiger partial charge on any atom is 0.254 e. The Morgan fingerprint density at radius 3 is 2.81 bits per heavy atom. The van der Waals surface area contributed by atoms with Crippen LogP contribution in [0.25, 0.3) is 11.5 Å². The van der Waals surface area contributed by atoms with Crippen molar-refractivity contribution in [1.82, 2.24) is 20.4 Å². The molecular weight excluding hydrogens is 272 g/mol. The third-order valence-corrected chi connectivity index (χ3v) is 3.29. The van der Waals surface area contributed by atoms with Crippen molar-refractivity contribution in [3.8, 4) is 11.5 Å². The second-order valence-electron chi connectivity index (χ2n) is 4.75. The number of carbonyl (C=O) groups is 2. The number of rotatable bonds is 2. The van der Waals surface area contributed by atoms with E-state index in [1.54, 1.807) is 29.2 Å². The minimum atomic E-state index is -0.149. The minimum Gasteiger partial charge on any atom is -0.423 e. The standard InChI is InChI=1S/C14H14N4O3/c19-12-8-18(7-1-6-15-12)14(20)11-4-2-10(3-5-11)13-17-16-9-21-13/h2-5,9H,1,6-8H2,(H,15,19). The molecule has 1 aliphatic rings. The van der Waals surface area contributed by atoms with Crippen molar-refractivity contribution in [2.75, 3.05) is 19.6 Å². The number of aromatic nitrogens is 2. The van der Waals surface area contributed by atoms with E-state index in [0.717, 1.165) is 12.0 Å². The number of amides is 2. The van der Waals surface area contributed by atoms with Crippen molar-refractivity contribution in [3.63, 3.8) is 0 Å². The van der Waals surface area contributed by atoms with Crippen molar-refractivity contribution in [2.45, 2.75) is 6.42 Å². The summed E-state index contributed by atoms with van der Waals surface area (Å²) in [6, 6.07) is 6.90. The maximum atomic E-state index is 12.4. The lowest BCUT2D eigenvalue weighted by atomic mass is 10.1. The number of hydrogen-bond acceptors (Lipinski definition) is 5. The molecule has 0 aliphatic carbocycles. The van der Waals surface area contributed by atoms with Gasteiger partial charge in [-0.1, -0.05) is 0 Å². The van der Waals surface area contributed by atoms with Gasteiger partial charge in [0.25, 0.3) is 5.91 Å². The van der Waals surface area contributed by atoms with Gasteiger partial charge in [-0.25, -0.2) is 0 Å². The average Bonchev–Trinajstić information content (AvgIpc) is 2.96. The van der Waals surface area contributed by atoms with Gasteiger partial charge in [-0.3, -0.25) is 9.59 Å². The minimum absolute atomic E-state index is 0.101. The van der Waals surface area contributed by atoms with Gasteiger partial charge >= 0.3 is 0 Å². The SMILES string of the molecule is O=C1CN(C(=O)c2ccc(-c3nnco3)cc2)CCCN1. The highest BCUT2D eigenvalue weighted by atomic mass is 16.4. The van der Waals surface area contributed by atoms with E-state index in [9.17, 15) is 9.59 Å². The Morgan fingerprint density at radius 1 is 1.29 bits per heavy atom. The summed E-state index contributed by atoms with van der Waals surface area (Å²) in [5, 5.41) is 10.2. The predicted molar refractivity (Wildman–Crippen MR) is 73.3 cm³/mol. The lowest BCUT2D eigenvalue weighted by Crippen LogP contribution is -2.37. The van der Waals surface area contributed by atoms with E-state index in [1.165, 1.54) is 6.39 Å². The van der Waals surface area contributed by atoms with Gasteiger partial charge in [0, 0.05) is 24.2 Å². The summed E-state index contributed by atoms with van der Waals surface area (Å²) < 4.78 is 5.10. The van der Waals surface area contributed by atoms with E-state index in [4.69, 9.17) is 4.42 Å². The number of benzene rings is 1. The summed E-state index contributed by atoms with van der Waals surface area (Å²) in [5.41, 5.74) is 1.28. The van der Waals surface area contributed by atoms with E-state index in [1.807, 2.05) is 0 Å². The number of hydrogen-bond donors (Lipinski definition) is 1. The van der Waals surface area contributed by atoms with Crippen molar-refractivity contribution in [2.24, 2.45) is 0 Å². The van der Waals surface area contributed by atoms with Gasteiger partial charge < -0.3 is 14.6 Å². The summed E-state index contributed by atoms with van der Waals surface area (Å²) in [6.45, 7) is 1.28. The third kappa shape index (κ3) is 2.91.